The molecule has 0 aliphatic carbocycles. The lowest BCUT2D eigenvalue weighted by Gasteiger charge is -2.31. The van der Waals surface area contributed by atoms with Gasteiger partial charge in [-0.05, 0) is 62.3 Å². The number of hydrogen-bond donors (Lipinski definition) is 0. The highest BCUT2D eigenvalue weighted by Crippen LogP contribution is 2.32. The molecular weight excluding hydrogens is 300 g/mol. The number of nitrogens with zero attached hydrogens (tertiary/aromatic N) is 4. The van der Waals surface area contributed by atoms with Gasteiger partial charge in [-0.25, -0.2) is 9.97 Å². The van der Waals surface area contributed by atoms with Crippen molar-refractivity contribution in [1.82, 2.24) is 19.4 Å². The molecule has 1 aliphatic rings. The number of piperidine rings is 1. The SMILES string of the molecule is CN1CCCC(n2c(-c3ccc(Cl)o3)nc3cccnc32)C1. The zero-order chi connectivity index (χ0) is 15.1. The number of halogens is 1. The van der Waals surface area contributed by atoms with Gasteiger partial charge in [-0.2, -0.15) is 0 Å². The van der Waals surface area contributed by atoms with Crippen molar-refractivity contribution in [2.24, 2.45) is 0 Å². The Morgan fingerprint density at radius 1 is 1.32 bits per heavy atom. The molecule has 5 nitrogen and oxygen atoms in total. The van der Waals surface area contributed by atoms with E-state index in [4.69, 9.17) is 21.0 Å². The monoisotopic (exact) mass is 316 g/mol. The molecule has 0 spiro atoms. The third kappa shape index (κ3) is 2.30. The van der Waals surface area contributed by atoms with Crippen molar-refractivity contribution in [2.45, 2.75) is 18.9 Å². The van der Waals surface area contributed by atoms with Crippen LogP contribution >= 0.6 is 11.6 Å². The Kier molecular flexibility index (Phi) is 3.39. The smallest absolute Gasteiger partial charge is 0.194 e. The summed E-state index contributed by atoms with van der Waals surface area (Å²) in [5.41, 5.74) is 1.79. The van der Waals surface area contributed by atoms with E-state index < -0.39 is 0 Å². The van der Waals surface area contributed by atoms with Crippen LogP contribution < -0.4 is 0 Å². The van der Waals surface area contributed by atoms with Crippen LogP contribution in [0.15, 0.2) is 34.9 Å². The molecule has 4 heterocycles. The van der Waals surface area contributed by atoms with E-state index in [0.29, 0.717) is 17.0 Å². The molecule has 0 saturated carbocycles. The molecule has 114 valence electrons. The van der Waals surface area contributed by atoms with Gasteiger partial charge in [-0.1, -0.05) is 0 Å². The van der Waals surface area contributed by atoms with Crippen molar-refractivity contribution in [3.8, 4) is 11.6 Å². The molecule has 1 unspecified atom stereocenters. The summed E-state index contributed by atoms with van der Waals surface area (Å²) in [5.74, 6) is 1.50. The average molecular weight is 317 g/mol. The lowest BCUT2D eigenvalue weighted by Crippen LogP contribution is -2.33. The van der Waals surface area contributed by atoms with Gasteiger partial charge in [0, 0.05) is 12.7 Å². The normalized spacial score (nSPS) is 19.8. The van der Waals surface area contributed by atoms with Gasteiger partial charge in [0.25, 0.3) is 0 Å². The minimum absolute atomic E-state index is 0.345. The van der Waals surface area contributed by atoms with Crippen LogP contribution in [0.3, 0.4) is 0 Å². The largest absolute Gasteiger partial charge is 0.441 e. The Labute approximate surface area is 133 Å². The van der Waals surface area contributed by atoms with Gasteiger partial charge in [0.15, 0.2) is 22.5 Å². The highest BCUT2D eigenvalue weighted by Gasteiger charge is 2.26. The van der Waals surface area contributed by atoms with Crippen molar-refractivity contribution < 1.29 is 4.42 Å². The first-order chi connectivity index (χ1) is 10.7. The van der Waals surface area contributed by atoms with E-state index in [1.165, 1.54) is 6.42 Å². The fourth-order valence-electron chi connectivity index (χ4n) is 3.23. The van der Waals surface area contributed by atoms with Crippen molar-refractivity contribution in [3.05, 3.63) is 35.7 Å². The first-order valence-electron chi connectivity index (χ1n) is 7.49. The van der Waals surface area contributed by atoms with Gasteiger partial charge in [-0.15, -0.1) is 0 Å². The van der Waals surface area contributed by atoms with Crippen LogP contribution in [-0.2, 0) is 0 Å². The van der Waals surface area contributed by atoms with Crippen molar-refractivity contribution in [1.29, 1.82) is 0 Å². The highest BCUT2D eigenvalue weighted by molar-refractivity contribution is 6.28. The van der Waals surface area contributed by atoms with Crippen molar-refractivity contribution in [2.75, 3.05) is 20.1 Å². The van der Waals surface area contributed by atoms with Crippen LogP contribution in [0.25, 0.3) is 22.7 Å². The summed E-state index contributed by atoms with van der Waals surface area (Å²) in [5, 5.41) is 0.377. The molecule has 1 fully saturated rings. The fraction of sp³-hybridized carbons (Fsp3) is 0.375. The number of pyridine rings is 1. The molecular formula is C16H17ClN4O. The number of hydrogen-bond acceptors (Lipinski definition) is 4. The van der Waals surface area contributed by atoms with E-state index >= 15 is 0 Å². The number of likely N-dealkylation sites (tertiary alicyclic amines) is 1. The van der Waals surface area contributed by atoms with Crippen LogP contribution in [0.4, 0.5) is 0 Å². The predicted molar refractivity (Wildman–Crippen MR) is 86.0 cm³/mol. The third-order valence-corrected chi connectivity index (χ3v) is 4.41. The minimum atomic E-state index is 0.345. The summed E-state index contributed by atoms with van der Waals surface area (Å²) in [6.45, 7) is 2.13. The van der Waals surface area contributed by atoms with E-state index in [1.54, 1.807) is 6.07 Å². The molecule has 0 amide bonds. The molecule has 0 aromatic carbocycles. The fourth-order valence-corrected chi connectivity index (χ4v) is 3.38. The third-order valence-electron chi connectivity index (χ3n) is 4.21. The maximum Gasteiger partial charge on any atom is 0.194 e. The molecule has 3 aromatic rings. The number of furan rings is 1. The molecule has 1 atom stereocenters. The van der Waals surface area contributed by atoms with Crippen LogP contribution in [0.2, 0.25) is 5.22 Å². The number of likely N-dealkylation sites (N-methyl/N-ethyl adjacent to an activating group) is 1. The Bertz CT molecular complexity index is 809. The summed E-state index contributed by atoms with van der Waals surface area (Å²) >= 11 is 5.94. The van der Waals surface area contributed by atoms with E-state index in [-0.39, 0.29) is 0 Å². The number of aromatic nitrogens is 3. The standard InChI is InChI=1S/C16H17ClN4O/c1-20-9-3-4-11(10-20)21-15-12(5-2-8-18-15)19-16(21)13-6-7-14(17)22-13/h2,5-8,11H,3-4,9-10H2,1H3. The second kappa shape index (κ2) is 5.41. The summed E-state index contributed by atoms with van der Waals surface area (Å²) in [6.07, 6.45) is 4.10. The van der Waals surface area contributed by atoms with E-state index in [2.05, 4.69) is 21.5 Å². The second-order valence-electron chi connectivity index (χ2n) is 5.81. The average Bonchev–Trinajstić information content (AvgIpc) is 3.10. The zero-order valence-electron chi connectivity index (χ0n) is 12.4. The van der Waals surface area contributed by atoms with Crippen LogP contribution in [0.1, 0.15) is 18.9 Å². The summed E-state index contributed by atoms with van der Waals surface area (Å²) in [4.78, 5) is 11.6. The maximum atomic E-state index is 5.94. The first-order valence-corrected chi connectivity index (χ1v) is 7.87. The van der Waals surface area contributed by atoms with Crippen molar-refractivity contribution in [3.63, 3.8) is 0 Å². The molecule has 0 bridgehead atoms. The molecule has 1 saturated heterocycles. The lowest BCUT2D eigenvalue weighted by atomic mass is 10.1. The molecule has 22 heavy (non-hydrogen) atoms. The summed E-state index contributed by atoms with van der Waals surface area (Å²) in [6, 6.07) is 7.86. The van der Waals surface area contributed by atoms with Gasteiger partial charge in [0.1, 0.15) is 5.52 Å². The molecule has 0 N–H and O–H groups in total. The number of fused-ring (bicyclic) bond motifs is 1. The lowest BCUT2D eigenvalue weighted by molar-refractivity contribution is 0.215. The number of rotatable bonds is 2. The van der Waals surface area contributed by atoms with Crippen LogP contribution in [-0.4, -0.2) is 39.6 Å². The molecule has 3 aromatic heterocycles. The van der Waals surface area contributed by atoms with Crippen LogP contribution in [0, 0.1) is 0 Å². The van der Waals surface area contributed by atoms with E-state index in [1.807, 2.05) is 24.4 Å². The van der Waals surface area contributed by atoms with E-state index in [9.17, 15) is 0 Å². The Morgan fingerprint density at radius 3 is 3.00 bits per heavy atom. The van der Waals surface area contributed by atoms with Gasteiger partial charge in [-0.3, -0.25) is 0 Å². The molecule has 1 aliphatic heterocycles. The zero-order valence-corrected chi connectivity index (χ0v) is 13.1. The highest BCUT2D eigenvalue weighted by atomic mass is 35.5. The Hall–Kier alpha value is -1.85. The van der Waals surface area contributed by atoms with E-state index in [0.717, 1.165) is 36.5 Å². The van der Waals surface area contributed by atoms with Crippen LogP contribution in [0.5, 0.6) is 0 Å². The Balaban J connectivity index is 1.90. The molecule has 6 heteroatoms. The topological polar surface area (TPSA) is 47.1 Å². The second-order valence-corrected chi connectivity index (χ2v) is 6.19. The first kappa shape index (κ1) is 13.8. The quantitative estimate of drug-likeness (QED) is 0.724. The van der Waals surface area contributed by atoms with Gasteiger partial charge in [0.05, 0.1) is 6.04 Å². The number of imidazole rings is 1. The van der Waals surface area contributed by atoms with Gasteiger partial charge in [0.2, 0.25) is 0 Å². The maximum absolute atomic E-state index is 5.94. The summed E-state index contributed by atoms with van der Waals surface area (Å²) < 4.78 is 7.81. The predicted octanol–water partition coefficient (Wildman–Crippen LogP) is 3.61. The van der Waals surface area contributed by atoms with Crippen molar-refractivity contribution >= 4 is 22.8 Å². The van der Waals surface area contributed by atoms with Gasteiger partial charge < -0.3 is 13.9 Å². The minimum Gasteiger partial charge on any atom is -0.441 e. The molecule has 0 radical (unpaired) electrons. The van der Waals surface area contributed by atoms with Gasteiger partial charge >= 0.3 is 0 Å². The molecule has 4 rings (SSSR count). The summed E-state index contributed by atoms with van der Waals surface area (Å²) in [7, 11) is 2.15. The Morgan fingerprint density at radius 2 is 2.23 bits per heavy atom.